The number of aliphatic hydroxyl groups is 1. The summed E-state index contributed by atoms with van der Waals surface area (Å²) in [6.45, 7) is 9.30. The highest BCUT2D eigenvalue weighted by Crippen LogP contribution is 2.22. The molecular formula is C12H24N2O2. The third-order valence-corrected chi connectivity index (χ3v) is 3.23. The van der Waals surface area contributed by atoms with Crippen molar-refractivity contribution in [3.63, 3.8) is 0 Å². The van der Waals surface area contributed by atoms with Crippen LogP contribution in [0.2, 0.25) is 0 Å². The summed E-state index contributed by atoms with van der Waals surface area (Å²) < 4.78 is 0. The van der Waals surface area contributed by atoms with Crippen molar-refractivity contribution < 1.29 is 9.90 Å². The second-order valence-corrected chi connectivity index (χ2v) is 5.37. The number of rotatable bonds is 3. The number of carbonyl (C=O) groups excluding carboxylic acids is 1. The molecule has 1 heterocycles. The molecule has 1 atom stereocenters. The molecule has 1 aliphatic heterocycles. The summed E-state index contributed by atoms with van der Waals surface area (Å²) in [4.78, 5) is 13.9. The van der Waals surface area contributed by atoms with E-state index in [4.69, 9.17) is 0 Å². The van der Waals surface area contributed by atoms with E-state index >= 15 is 0 Å². The van der Waals surface area contributed by atoms with E-state index in [1.54, 1.807) is 0 Å². The summed E-state index contributed by atoms with van der Waals surface area (Å²) >= 11 is 0. The summed E-state index contributed by atoms with van der Waals surface area (Å²) in [5.74, 6) is 0.0801. The van der Waals surface area contributed by atoms with Crippen LogP contribution in [0.4, 0.5) is 0 Å². The lowest BCUT2D eigenvalue weighted by Crippen LogP contribution is -2.52. The highest BCUT2D eigenvalue weighted by Gasteiger charge is 2.31. The van der Waals surface area contributed by atoms with Crippen LogP contribution in [0.15, 0.2) is 0 Å². The van der Waals surface area contributed by atoms with E-state index in [9.17, 15) is 9.90 Å². The van der Waals surface area contributed by atoms with Crippen LogP contribution in [0.25, 0.3) is 0 Å². The average molecular weight is 228 g/mol. The lowest BCUT2D eigenvalue weighted by molar-refractivity contribution is -0.128. The fourth-order valence-corrected chi connectivity index (χ4v) is 1.96. The van der Waals surface area contributed by atoms with E-state index in [1.165, 1.54) is 0 Å². The second kappa shape index (κ2) is 5.15. The molecule has 0 spiro atoms. The maximum absolute atomic E-state index is 11.8. The van der Waals surface area contributed by atoms with E-state index in [2.05, 4.69) is 10.2 Å². The van der Waals surface area contributed by atoms with Gasteiger partial charge in [-0.15, -0.1) is 0 Å². The molecule has 0 bridgehead atoms. The Kier molecular flexibility index (Phi) is 4.33. The molecule has 4 heteroatoms. The quantitative estimate of drug-likeness (QED) is 0.749. The number of nitrogens with one attached hydrogen (secondary N) is 1. The molecule has 0 aliphatic carbocycles. The van der Waals surface area contributed by atoms with Gasteiger partial charge >= 0.3 is 0 Å². The highest BCUT2D eigenvalue weighted by molar-refractivity contribution is 5.81. The van der Waals surface area contributed by atoms with Crippen molar-refractivity contribution in [1.82, 2.24) is 10.2 Å². The number of nitrogens with zero attached hydrogens (tertiary/aromatic N) is 1. The summed E-state index contributed by atoms with van der Waals surface area (Å²) in [6.07, 6.45) is 1.48. The lowest BCUT2D eigenvalue weighted by atomic mass is 9.93. The molecule has 1 fully saturated rings. The van der Waals surface area contributed by atoms with Crippen molar-refractivity contribution >= 4 is 5.91 Å². The number of hydrogen-bond acceptors (Lipinski definition) is 3. The van der Waals surface area contributed by atoms with Crippen molar-refractivity contribution in [3.8, 4) is 0 Å². The predicted molar refractivity (Wildman–Crippen MR) is 64.2 cm³/mol. The van der Waals surface area contributed by atoms with Gasteiger partial charge in [0, 0.05) is 19.1 Å². The van der Waals surface area contributed by atoms with Gasteiger partial charge in [-0.2, -0.15) is 0 Å². The fourth-order valence-electron chi connectivity index (χ4n) is 1.96. The molecule has 16 heavy (non-hydrogen) atoms. The van der Waals surface area contributed by atoms with Crippen LogP contribution in [0, 0.1) is 0 Å². The molecular weight excluding hydrogens is 204 g/mol. The van der Waals surface area contributed by atoms with Crippen LogP contribution in [-0.4, -0.2) is 46.7 Å². The van der Waals surface area contributed by atoms with Gasteiger partial charge < -0.3 is 10.4 Å². The van der Waals surface area contributed by atoms with Gasteiger partial charge in [0.2, 0.25) is 5.91 Å². The number of likely N-dealkylation sites (tertiary alicyclic amines) is 1. The zero-order valence-corrected chi connectivity index (χ0v) is 10.8. The fraction of sp³-hybridized carbons (Fsp3) is 0.917. The van der Waals surface area contributed by atoms with E-state index in [0.29, 0.717) is 0 Å². The maximum atomic E-state index is 11.8. The molecule has 1 amide bonds. The molecule has 2 N–H and O–H groups in total. The Hall–Kier alpha value is -0.610. The Bertz CT molecular complexity index is 241. The SMILES string of the molecule is CC(C)NC(=O)C(C)N1CCC(C)(O)CC1. The van der Waals surface area contributed by atoms with Gasteiger partial charge in [0.05, 0.1) is 11.6 Å². The zero-order valence-electron chi connectivity index (χ0n) is 10.8. The Labute approximate surface area is 98.0 Å². The van der Waals surface area contributed by atoms with Gasteiger partial charge in [0.1, 0.15) is 0 Å². The van der Waals surface area contributed by atoms with Crippen LogP contribution in [-0.2, 0) is 4.79 Å². The normalized spacial score (nSPS) is 23.1. The van der Waals surface area contributed by atoms with Crippen molar-refractivity contribution in [3.05, 3.63) is 0 Å². The Balaban J connectivity index is 2.44. The van der Waals surface area contributed by atoms with Crippen molar-refractivity contribution in [2.75, 3.05) is 13.1 Å². The Morgan fingerprint density at radius 2 is 1.81 bits per heavy atom. The smallest absolute Gasteiger partial charge is 0.237 e. The van der Waals surface area contributed by atoms with Gasteiger partial charge in [-0.1, -0.05) is 0 Å². The molecule has 0 aromatic carbocycles. The van der Waals surface area contributed by atoms with Gasteiger partial charge in [-0.05, 0) is 40.5 Å². The third kappa shape index (κ3) is 3.76. The molecule has 94 valence electrons. The van der Waals surface area contributed by atoms with E-state index in [-0.39, 0.29) is 18.0 Å². The molecule has 0 radical (unpaired) electrons. The summed E-state index contributed by atoms with van der Waals surface area (Å²) in [6, 6.07) is 0.0846. The molecule has 4 nitrogen and oxygen atoms in total. The largest absolute Gasteiger partial charge is 0.390 e. The van der Waals surface area contributed by atoms with Gasteiger partial charge in [0.15, 0.2) is 0 Å². The molecule has 1 unspecified atom stereocenters. The first-order valence-corrected chi connectivity index (χ1v) is 6.08. The van der Waals surface area contributed by atoms with Gasteiger partial charge in [0.25, 0.3) is 0 Å². The van der Waals surface area contributed by atoms with Crippen LogP contribution in [0.1, 0.15) is 40.5 Å². The van der Waals surface area contributed by atoms with Crippen molar-refractivity contribution in [2.45, 2.75) is 58.2 Å². The van der Waals surface area contributed by atoms with Gasteiger partial charge in [-0.3, -0.25) is 9.69 Å². The predicted octanol–water partition coefficient (Wildman–Crippen LogP) is 0.746. The first kappa shape index (κ1) is 13.5. The number of hydrogen-bond donors (Lipinski definition) is 2. The van der Waals surface area contributed by atoms with Crippen LogP contribution < -0.4 is 5.32 Å². The summed E-state index contributed by atoms with van der Waals surface area (Å²) in [5.41, 5.74) is -0.551. The lowest BCUT2D eigenvalue weighted by Gasteiger charge is -2.38. The van der Waals surface area contributed by atoms with Crippen molar-refractivity contribution in [1.29, 1.82) is 0 Å². The first-order chi connectivity index (χ1) is 7.32. The van der Waals surface area contributed by atoms with Crippen molar-refractivity contribution in [2.24, 2.45) is 0 Å². The summed E-state index contributed by atoms with van der Waals surface area (Å²) in [7, 11) is 0. The van der Waals surface area contributed by atoms with E-state index in [1.807, 2.05) is 27.7 Å². The maximum Gasteiger partial charge on any atom is 0.237 e. The molecule has 0 saturated carbocycles. The minimum Gasteiger partial charge on any atom is -0.390 e. The Morgan fingerprint density at radius 3 is 2.25 bits per heavy atom. The molecule has 0 aromatic heterocycles. The topological polar surface area (TPSA) is 52.6 Å². The monoisotopic (exact) mass is 228 g/mol. The highest BCUT2D eigenvalue weighted by atomic mass is 16.3. The first-order valence-electron chi connectivity index (χ1n) is 6.08. The number of amides is 1. The number of carbonyl (C=O) groups is 1. The van der Waals surface area contributed by atoms with Crippen LogP contribution in [0.5, 0.6) is 0 Å². The second-order valence-electron chi connectivity index (χ2n) is 5.37. The zero-order chi connectivity index (χ0) is 12.3. The molecule has 1 saturated heterocycles. The van der Waals surface area contributed by atoms with Crippen LogP contribution in [0.3, 0.4) is 0 Å². The minimum absolute atomic E-state index is 0.0801. The standard InChI is InChI=1S/C12H24N2O2/c1-9(2)13-11(15)10(3)14-7-5-12(4,16)6-8-14/h9-10,16H,5-8H2,1-4H3,(H,13,15). The van der Waals surface area contributed by atoms with Crippen LogP contribution >= 0.6 is 0 Å². The summed E-state index contributed by atoms with van der Waals surface area (Å²) in [5, 5.41) is 12.7. The van der Waals surface area contributed by atoms with E-state index < -0.39 is 5.60 Å². The van der Waals surface area contributed by atoms with Gasteiger partial charge in [-0.25, -0.2) is 0 Å². The number of piperidine rings is 1. The third-order valence-electron chi connectivity index (χ3n) is 3.23. The average Bonchev–Trinajstić information content (AvgIpc) is 2.15. The molecule has 1 rings (SSSR count). The minimum atomic E-state index is -0.551. The molecule has 0 aromatic rings. The molecule has 1 aliphatic rings. The van der Waals surface area contributed by atoms with E-state index in [0.717, 1.165) is 25.9 Å². The Morgan fingerprint density at radius 1 is 1.31 bits per heavy atom.